The fourth-order valence-corrected chi connectivity index (χ4v) is 1.98. The zero-order valence-corrected chi connectivity index (χ0v) is 11.1. The summed E-state index contributed by atoms with van der Waals surface area (Å²) in [5, 5.41) is 19.8. The number of anilines is 2. The van der Waals surface area contributed by atoms with Gasteiger partial charge in [-0.05, 0) is 24.6 Å². The number of rotatable bonds is 3. The maximum absolute atomic E-state index is 10.7. The standard InChI is InChI=1S/C14H12N4O2/c1-10-7-12(18(19)20)9-16-14(10)17(2)13-6-4-3-5-11(13)8-15/h3-7,9H,1-2H3. The Morgan fingerprint density at radius 2 is 2.10 bits per heavy atom. The van der Waals surface area contributed by atoms with Gasteiger partial charge in [0.15, 0.2) is 0 Å². The molecule has 0 unspecified atom stereocenters. The van der Waals surface area contributed by atoms with Crippen molar-refractivity contribution in [2.45, 2.75) is 6.92 Å². The molecule has 100 valence electrons. The van der Waals surface area contributed by atoms with Crippen LogP contribution >= 0.6 is 0 Å². The lowest BCUT2D eigenvalue weighted by Gasteiger charge is -2.21. The second-order valence-electron chi connectivity index (χ2n) is 4.28. The van der Waals surface area contributed by atoms with Crippen LogP contribution in [0.4, 0.5) is 17.2 Å². The van der Waals surface area contributed by atoms with Crippen molar-refractivity contribution in [3.63, 3.8) is 0 Å². The third-order valence-electron chi connectivity index (χ3n) is 2.95. The van der Waals surface area contributed by atoms with Crippen molar-refractivity contribution < 1.29 is 4.92 Å². The van der Waals surface area contributed by atoms with Gasteiger partial charge in [-0.25, -0.2) is 4.98 Å². The lowest BCUT2D eigenvalue weighted by Crippen LogP contribution is -2.14. The van der Waals surface area contributed by atoms with Gasteiger partial charge in [0.1, 0.15) is 18.1 Å². The van der Waals surface area contributed by atoms with E-state index in [-0.39, 0.29) is 5.69 Å². The molecule has 2 rings (SSSR count). The largest absolute Gasteiger partial charge is 0.328 e. The summed E-state index contributed by atoms with van der Waals surface area (Å²) in [5.74, 6) is 0.582. The normalized spacial score (nSPS) is 9.85. The predicted molar refractivity (Wildman–Crippen MR) is 74.8 cm³/mol. The lowest BCUT2D eigenvalue weighted by atomic mass is 10.1. The Kier molecular flexibility index (Phi) is 3.62. The van der Waals surface area contributed by atoms with Crippen LogP contribution in [0.3, 0.4) is 0 Å². The Hall–Kier alpha value is -2.94. The molecule has 6 heteroatoms. The van der Waals surface area contributed by atoms with Crippen LogP contribution < -0.4 is 4.90 Å². The van der Waals surface area contributed by atoms with Crippen LogP contribution in [0.25, 0.3) is 0 Å². The number of aromatic nitrogens is 1. The van der Waals surface area contributed by atoms with Crippen molar-refractivity contribution in [1.29, 1.82) is 5.26 Å². The summed E-state index contributed by atoms with van der Waals surface area (Å²) in [7, 11) is 1.78. The molecule has 20 heavy (non-hydrogen) atoms. The van der Waals surface area contributed by atoms with Crippen LogP contribution in [0.15, 0.2) is 36.5 Å². The molecule has 0 radical (unpaired) electrons. The fraction of sp³-hybridized carbons (Fsp3) is 0.143. The quantitative estimate of drug-likeness (QED) is 0.631. The van der Waals surface area contributed by atoms with E-state index < -0.39 is 4.92 Å². The van der Waals surface area contributed by atoms with Crippen LogP contribution in [-0.4, -0.2) is 17.0 Å². The van der Waals surface area contributed by atoms with E-state index in [2.05, 4.69) is 11.1 Å². The first kappa shape index (κ1) is 13.5. The van der Waals surface area contributed by atoms with Gasteiger partial charge in [-0.3, -0.25) is 10.1 Å². The molecule has 0 fully saturated rings. The van der Waals surface area contributed by atoms with Crippen molar-refractivity contribution in [3.8, 4) is 6.07 Å². The number of benzene rings is 1. The number of pyridine rings is 1. The van der Waals surface area contributed by atoms with Crippen molar-refractivity contribution >= 4 is 17.2 Å². The summed E-state index contributed by atoms with van der Waals surface area (Å²) in [6, 6.07) is 10.7. The minimum absolute atomic E-state index is 0.0479. The van der Waals surface area contributed by atoms with E-state index in [9.17, 15) is 10.1 Å². The molecule has 0 aliphatic heterocycles. The predicted octanol–water partition coefficient (Wildman–Crippen LogP) is 2.94. The molecule has 1 aromatic heterocycles. The highest BCUT2D eigenvalue weighted by Gasteiger charge is 2.15. The Bertz CT molecular complexity index is 707. The van der Waals surface area contributed by atoms with Crippen molar-refractivity contribution in [2.24, 2.45) is 0 Å². The van der Waals surface area contributed by atoms with E-state index in [0.717, 1.165) is 0 Å². The van der Waals surface area contributed by atoms with Crippen molar-refractivity contribution in [2.75, 3.05) is 11.9 Å². The maximum atomic E-state index is 10.7. The van der Waals surface area contributed by atoms with Crippen LogP contribution in [0, 0.1) is 28.4 Å². The summed E-state index contributed by atoms with van der Waals surface area (Å²) >= 11 is 0. The molecule has 1 heterocycles. The van der Waals surface area contributed by atoms with E-state index in [1.807, 2.05) is 6.07 Å². The number of hydrogen-bond acceptors (Lipinski definition) is 5. The van der Waals surface area contributed by atoms with Gasteiger partial charge < -0.3 is 4.90 Å². The van der Waals surface area contributed by atoms with Crippen molar-refractivity contribution in [3.05, 3.63) is 57.8 Å². The smallest absolute Gasteiger partial charge is 0.287 e. The Morgan fingerprint density at radius 3 is 2.70 bits per heavy atom. The molecule has 2 aromatic rings. The van der Waals surface area contributed by atoms with Gasteiger partial charge >= 0.3 is 0 Å². The SMILES string of the molecule is Cc1cc([N+](=O)[O-])cnc1N(C)c1ccccc1C#N. The highest BCUT2D eigenvalue weighted by atomic mass is 16.6. The summed E-state index contributed by atoms with van der Waals surface area (Å²) < 4.78 is 0. The number of nitrogens with zero attached hydrogens (tertiary/aromatic N) is 4. The van der Waals surface area contributed by atoms with Gasteiger partial charge in [0.05, 0.1) is 16.2 Å². The molecule has 0 N–H and O–H groups in total. The zero-order valence-electron chi connectivity index (χ0n) is 11.1. The van der Waals surface area contributed by atoms with Crippen LogP contribution in [0.5, 0.6) is 0 Å². The first-order chi connectivity index (χ1) is 9.54. The van der Waals surface area contributed by atoms with Crippen molar-refractivity contribution in [1.82, 2.24) is 4.98 Å². The monoisotopic (exact) mass is 268 g/mol. The second-order valence-corrected chi connectivity index (χ2v) is 4.28. The summed E-state index contributed by atoms with van der Waals surface area (Å²) in [5.41, 5.74) is 1.86. The molecule has 0 spiro atoms. The first-order valence-electron chi connectivity index (χ1n) is 5.88. The molecule has 0 atom stereocenters. The molecule has 0 aliphatic rings. The van der Waals surface area contributed by atoms with Crippen LogP contribution in [0.1, 0.15) is 11.1 Å². The summed E-state index contributed by atoms with van der Waals surface area (Å²) in [4.78, 5) is 16.1. The topological polar surface area (TPSA) is 83.1 Å². The minimum Gasteiger partial charge on any atom is -0.328 e. The fourth-order valence-electron chi connectivity index (χ4n) is 1.98. The van der Waals surface area contributed by atoms with E-state index in [4.69, 9.17) is 5.26 Å². The summed E-state index contributed by atoms with van der Waals surface area (Å²) in [6.45, 7) is 1.75. The molecule has 0 saturated heterocycles. The van der Waals surface area contributed by atoms with E-state index in [0.29, 0.717) is 22.6 Å². The van der Waals surface area contributed by atoms with Gasteiger partial charge in [0.25, 0.3) is 5.69 Å². The highest BCUT2D eigenvalue weighted by Crippen LogP contribution is 2.28. The van der Waals surface area contributed by atoms with E-state index in [1.165, 1.54) is 12.3 Å². The van der Waals surface area contributed by atoms with Crippen LogP contribution in [-0.2, 0) is 0 Å². The van der Waals surface area contributed by atoms with Gasteiger partial charge in [0.2, 0.25) is 0 Å². The Morgan fingerprint density at radius 1 is 1.40 bits per heavy atom. The minimum atomic E-state index is -0.479. The average Bonchev–Trinajstić information content (AvgIpc) is 2.46. The third-order valence-corrected chi connectivity index (χ3v) is 2.95. The zero-order chi connectivity index (χ0) is 14.7. The summed E-state index contributed by atoms with van der Waals surface area (Å²) in [6.07, 6.45) is 1.22. The van der Waals surface area contributed by atoms with Gasteiger partial charge in [-0.2, -0.15) is 5.26 Å². The Balaban J connectivity index is 2.46. The molecule has 0 amide bonds. The highest BCUT2D eigenvalue weighted by molar-refractivity contribution is 5.68. The average molecular weight is 268 g/mol. The van der Waals surface area contributed by atoms with E-state index in [1.54, 1.807) is 37.1 Å². The van der Waals surface area contributed by atoms with Gasteiger partial charge in [0, 0.05) is 13.1 Å². The third kappa shape index (κ3) is 2.42. The maximum Gasteiger partial charge on any atom is 0.287 e. The molecular formula is C14H12N4O2. The number of nitro groups is 1. The van der Waals surface area contributed by atoms with E-state index >= 15 is 0 Å². The number of hydrogen-bond donors (Lipinski definition) is 0. The molecule has 6 nitrogen and oxygen atoms in total. The Labute approximate surface area is 116 Å². The first-order valence-corrected chi connectivity index (χ1v) is 5.88. The molecular weight excluding hydrogens is 256 g/mol. The van der Waals surface area contributed by atoms with Gasteiger partial charge in [-0.1, -0.05) is 12.1 Å². The number of para-hydroxylation sites is 1. The lowest BCUT2D eigenvalue weighted by molar-refractivity contribution is -0.385. The molecule has 0 aliphatic carbocycles. The van der Waals surface area contributed by atoms with Gasteiger partial charge in [-0.15, -0.1) is 0 Å². The second kappa shape index (κ2) is 5.36. The molecule has 0 saturated carbocycles. The molecule has 0 bridgehead atoms. The number of aryl methyl sites for hydroxylation is 1. The molecule has 1 aromatic carbocycles. The number of nitriles is 1. The van der Waals surface area contributed by atoms with Crippen LogP contribution in [0.2, 0.25) is 0 Å².